The minimum atomic E-state index is 0.497. The van der Waals surface area contributed by atoms with E-state index < -0.39 is 0 Å². The zero-order valence-electron chi connectivity index (χ0n) is 12.4. The van der Waals surface area contributed by atoms with Crippen molar-refractivity contribution in [2.45, 2.75) is 50.9 Å². The van der Waals surface area contributed by atoms with Gasteiger partial charge in [0.05, 0.1) is 0 Å². The van der Waals surface area contributed by atoms with Gasteiger partial charge in [-0.15, -0.1) is 0 Å². The molecule has 0 heterocycles. The fraction of sp³-hybridized carbons (Fsp3) is 0.400. The summed E-state index contributed by atoms with van der Waals surface area (Å²) in [7, 11) is 0. The van der Waals surface area contributed by atoms with E-state index in [-0.39, 0.29) is 0 Å². The Morgan fingerprint density at radius 3 is 2.30 bits per heavy atom. The van der Waals surface area contributed by atoms with E-state index in [2.05, 4.69) is 56.3 Å². The Kier molecular flexibility index (Phi) is 2.57. The fourth-order valence-corrected chi connectivity index (χ4v) is 3.54. The molecular weight excluding hydrogens is 240 g/mol. The highest BCUT2D eigenvalue weighted by atomic mass is 14.4. The molecule has 2 aliphatic carbocycles. The van der Waals surface area contributed by atoms with Crippen molar-refractivity contribution < 1.29 is 0 Å². The molecule has 1 fully saturated rings. The molecule has 0 heteroatoms. The number of rotatable bonds is 2. The second-order valence-electron chi connectivity index (χ2n) is 7.06. The van der Waals surface area contributed by atoms with Crippen LogP contribution in [0.4, 0.5) is 0 Å². The van der Waals surface area contributed by atoms with Gasteiger partial charge in [0.2, 0.25) is 0 Å². The lowest BCUT2D eigenvalue weighted by Crippen LogP contribution is -2.00. The Hall–Kier alpha value is -1.56. The number of benzene rings is 2. The summed E-state index contributed by atoms with van der Waals surface area (Å²) in [6, 6.07) is 16.4. The van der Waals surface area contributed by atoms with Crippen molar-refractivity contribution in [1.82, 2.24) is 0 Å². The van der Waals surface area contributed by atoms with Crippen LogP contribution in [0.25, 0.3) is 0 Å². The van der Waals surface area contributed by atoms with Gasteiger partial charge in [0, 0.05) is 0 Å². The van der Waals surface area contributed by atoms with E-state index >= 15 is 0 Å². The van der Waals surface area contributed by atoms with Crippen LogP contribution in [0.1, 0.15) is 53.5 Å². The van der Waals surface area contributed by atoms with Crippen LogP contribution in [-0.4, -0.2) is 0 Å². The first-order valence-electron chi connectivity index (χ1n) is 7.83. The van der Waals surface area contributed by atoms with Gasteiger partial charge in [0.1, 0.15) is 0 Å². The zero-order chi connectivity index (χ0) is 13.7. The molecule has 0 aliphatic heterocycles. The summed E-state index contributed by atoms with van der Waals surface area (Å²) < 4.78 is 0. The quantitative estimate of drug-likeness (QED) is 0.720. The Morgan fingerprint density at radius 1 is 0.900 bits per heavy atom. The van der Waals surface area contributed by atoms with Crippen molar-refractivity contribution in [3.63, 3.8) is 0 Å². The van der Waals surface area contributed by atoms with E-state index in [0.29, 0.717) is 11.3 Å². The molecule has 0 saturated heterocycles. The summed E-state index contributed by atoms with van der Waals surface area (Å²) >= 11 is 0. The first kappa shape index (κ1) is 12.2. The Balaban J connectivity index is 1.61. The van der Waals surface area contributed by atoms with Crippen LogP contribution in [0.2, 0.25) is 0 Å². The summed E-state index contributed by atoms with van der Waals surface area (Å²) in [6.45, 7) is 4.57. The standard InChI is InChI=1S/C20H22/c1-14-3-5-15(6-4-14)17-11-16-7-8-19(13-18(16)12-17)20(2)9-10-20/h3-8,13,17H,9-12H2,1-2H3. The van der Waals surface area contributed by atoms with Gasteiger partial charge in [-0.25, -0.2) is 0 Å². The fourth-order valence-electron chi connectivity index (χ4n) is 3.54. The van der Waals surface area contributed by atoms with E-state index in [9.17, 15) is 0 Å². The molecule has 4 rings (SSSR count). The normalized spacial score (nSPS) is 22.6. The lowest BCUT2D eigenvalue weighted by atomic mass is 9.94. The van der Waals surface area contributed by atoms with Gasteiger partial charge in [0.15, 0.2) is 0 Å². The summed E-state index contributed by atoms with van der Waals surface area (Å²) in [6.07, 6.45) is 5.18. The molecule has 102 valence electrons. The molecule has 0 radical (unpaired) electrons. The minimum absolute atomic E-state index is 0.497. The van der Waals surface area contributed by atoms with Crippen molar-refractivity contribution in [2.75, 3.05) is 0 Å². The average Bonchev–Trinajstić information content (AvgIpc) is 3.06. The first-order valence-corrected chi connectivity index (χ1v) is 7.83. The van der Waals surface area contributed by atoms with Gasteiger partial charge < -0.3 is 0 Å². The molecule has 2 aromatic rings. The highest BCUT2D eigenvalue weighted by molar-refractivity contribution is 5.43. The molecule has 0 N–H and O–H groups in total. The molecule has 1 saturated carbocycles. The molecule has 0 aromatic heterocycles. The first-order chi connectivity index (χ1) is 9.64. The summed E-state index contributed by atoms with van der Waals surface area (Å²) in [4.78, 5) is 0. The molecular formula is C20H22. The SMILES string of the molecule is Cc1ccc(C2Cc3ccc(C4(C)CC4)cc3C2)cc1. The highest BCUT2D eigenvalue weighted by Gasteiger charge is 2.39. The van der Waals surface area contributed by atoms with Crippen molar-refractivity contribution in [3.05, 3.63) is 70.3 Å². The predicted molar refractivity (Wildman–Crippen MR) is 84.4 cm³/mol. The molecule has 0 amide bonds. The van der Waals surface area contributed by atoms with Crippen molar-refractivity contribution in [1.29, 1.82) is 0 Å². The molecule has 0 bridgehead atoms. The third-order valence-corrected chi connectivity index (χ3v) is 5.38. The molecule has 2 aliphatic rings. The third kappa shape index (κ3) is 1.98. The van der Waals surface area contributed by atoms with E-state index in [1.807, 2.05) is 0 Å². The van der Waals surface area contributed by atoms with Gasteiger partial charge >= 0.3 is 0 Å². The van der Waals surface area contributed by atoms with Crippen LogP contribution < -0.4 is 0 Å². The predicted octanol–water partition coefficient (Wildman–Crippen LogP) is 4.93. The summed E-state index contributed by atoms with van der Waals surface area (Å²) in [5, 5.41) is 0. The van der Waals surface area contributed by atoms with E-state index in [1.165, 1.54) is 36.8 Å². The smallest absolute Gasteiger partial charge is 0.00745 e. The monoisotopic (exact) mass is 262 g/mol. The molecule has 0 spiro atoms. The summed E-state index contributed by atoms with van der Waals surface area (Å²) in [5.74, 6) is 0.688. The van der Waals surface area contributed by atoms with Crippen LogP contribution in [0.15, 0.2) is 42.5 Å². The van der Waals surface area contributed by atoms with Crippen molar-refractivity contribution >= 4 is 0 Å². The summed E-state index contributed by atoms with van der Waals surface area (Å²) in [5.41, 5.74) is 8.10. The number of fused-ring (bicyclic) bond motifs is 1. The number of hydrogen-bond acceptors (Lipinski definition) is 0. The lowest BCUT2D eigenvalue weighted by Gasteiger charge is -2.10. The maximum Gasteiger partial charge on any atom is -0.00745 e. The second-order valence-corrected chi connectivity index (χ2v) is 7.06. The van der Waals surface area contributed by atoms with Gasteiger partial charge in [-0.2, -0.15) is 0 Å². The van der Waals surface area contributed by atoms with E-state index in [4.69, 9.17) is 0 Å². The largest absolute Gasteiger partial charge is 0.0590 e. The lowest BCUT2D eigenvalue weighted by molar-refractivity contribution is 0.740. The third-order valence-electron chi connectivity index (χ3n) is 5.38. The van der Waals surface area contributed by atoms with Crippen LogP contribution >= 0.6 is 0 Å². The van der Waals surface area contributed by atoms with Crippen molar-refractivity contribution in [2.24, 2.45) is 0 Å². The van der Waals surface area contributed by atoms with Crippen LogP contribution in [0, 0.1) is 6.92 Å². The van der Waals surface area contributed by atoms with Gasteiger partial charge in [0.25, 0.3) is 0 Å². The zero-order valence-corrected chi connectivity index (χ0v) is 12.4. The second kappa shape index (κ2) is 4.22. The molecule has 2 aromatic carbocycles. The van der Waals surface area contributed by atoms with Crippen LogP contribution in [-0.2, 0) is 18.3 Å². The molecule has 1 unspecified atom stereocenters. The minimum Gasteiger partial charge on any atom is -0.0590 e. The van der Waals surface area contributed by atoms with Crippen molar-refractivity contribution in [3.8, 4) is 0 Å². The Bertz CT molecular complexity index is 644. The Labute approximate surface area is 121 Å². The van der Waals surface area contributed by atoms with Gasteiger partial charge in [-0.05, 0) is 66.2 Å². The van der Waals surface area contributed by atoms with E-state index in [1.54, 1.807) is 16.7 Å². The van der Waals surface area contributed by atoms with Crippen LogP contribution in [0.5, 0.6) is 0 Å². The van der Waals surface area contributed by atoms with E-state index in [0.717, 1.165) is 0 Å². The highest BCUT2D eigenvalue weighted by Crippen LogP contribution is 2.48. The number of hydrogen-bond donors (Lipinski definition) is 0. The maximum atomic E-state index is 2.50. The van der Waals surface area contributed by atoms with Crippen LogP contribution in [0.3, 0.4) is 0 Å². The average molecular weight is 262 g/mol. The Morgan fingerprint density at radius 2 is 1.60 bits per heavy atom. The molecule has 0 nitrogen and oxygen atoms in total. The van der Waals surface area contributed by atoms with Gasteiger partial charge in [-0.1, -0.05) is 55.0 Å². The molecule has 1 atom stereocenters. The van der Waals surface area contributed by atoms with Gasteiger partial charge in [-0.3, -0.25) is 0 Å². The molecule has 20 heavy (non-hydrogen) atoms. The topological polar surface area (TPSA) is 0 Å². The number of aryl methyl sites for hydroxylation is 1. The maximum absolute atomic E-state index is 2.50.